The van der Waals surface area contributed by atoms with Gasteiger partial charge < -0.3 is 9.31 Å². The molecule has 0 amide bonds. The smallest absolute Gasteiger partial charge is 0.400 e. The Labute approximate surface area is 103 Å². The van der Waals surface area contributed by atoms with Gasteiger partial charge in [0.15, 0.2) is 0 Å². The number of nitrogens with zero attached hydrogens (tertiary/aromatic N) is 1. The molecule has 4 heteroatoms. The Balaban J connectivity index is 2.06. The van der Waals surface area contributed by atoms with E-state index in [1.165, 1.54) is 0 Å². The van der Waals surface area contributed by atoms with Crippen LogP contribution in [0.25, 0.3) is 6.08 Å². The molecule has 0 unspecified atom stereocenters. The van der Waals surface area contributed by atoms with Crippen LogP contribution in [0.2, 0.25) is 0 Å². The fourth-order valence-corrected chi connectivity index (χ4v) is 1.63. The predicted molar refractivity (Wildman–Crippen MR) is 69.4 cm³/mol. The standard InChI is InChI=1S/C13H18BNO2/c1-12(2)13(3,4)17-14(16-12)8-5-11-6-9-15-10-7-11/h5-10H,1-4H3. The van der Waals surface area contributed by atoms with Gasteiger partial charge in [0.1, 0.15) is 0 Å². The lowest BCUT2D eigenvalue weighted by Crippen LogP contribution is -2.41. The lowest BCUT2D eigenvalue weighted by molar-refractivity contribution is 0.00578. The van der Waals surface area contributed by atoms with Crippen molar-refractivity contribution in [3.8, 4) is 0 Å². The van der Waals surface area contributed by atoms with Gasteiger partial charge in [-0.1, -0.05) is 12.1 Å². The summed E-state index contributed by atoms with van der Waals surface area (Å²) in [6.07, 6.45) is 5.53. The molecule has 1 aliphatic heterocycles. The van der Waals surface area contributed by atoms with Crippen molar-refractivity contribution in [3.05, 3.63) is 36.1 Å². The maximum Gasteiger partial charge on any atom is 0.487 e. The zero-order valence-corrected chi connectivity index (χ0v) is 10.8. The molecular formula is C13H18BNO2. The van der Waals surface area contributed by atoms with Gasteiger partial charge in [0.05, 0.1) is 11.2 Å². The molecule has 1 aromatic rings. The van der Waals surface area contributed by atoms with Crippen molar-refractivity contribution >= 4 is 13.2 Å². The normalized spacial score (nSPS) is 22.2. The molecule has 0 N–H and O–H groups in total. The first-order chi connectivity index (χ1) is 7.91. The Morgan fingerprint density at radius 1 is 1.06 bits per heavy atom. The van der Waals surface area contributed by atoms with Gasteiger partial charge in [0.25, 0.3) is 0 Å². The first kappa shape index (κ1) is 12.3. The van der Waals surface area contributed by atoms with E-state index in [2.05, 4.69) is 4.98 Å². The summed E-state index contributed by atoms with van der Waals surface area (Å²) in [6, 6.07) is 3.89. The van der Waals surface area contributed by atoms with Gasteiger partial charge in [-0.2, -0.15) is 0 Å². The average Bonchev–Trinajstić information content (AvgIpc) is 2.46. The Bertz CT molecular complexity index is 399. The highest BCUT2D eigenvalue weighted by Crippen LogP contribution is 2.36. The van der Waals surface area contributed by atoms with Gasteiger partial charge in [-0.3, -0.25) is 4.98 Å². The van der Waals surface area contributed by atoms with E-state index >= 15 is 0 Å². The molecule has 0 spiro atoms. The molecule has 1 saturated heterocycles. The van der Waals surface area contributed by atoms with E-state index in [0.29, 0.717) is 0 Å². The van der Waals surface area contributed by atoms with Crippen LogP contribution < -0.4 is 0 Å². The van der Waals surface area contributed by atoms with Crippen LogP contribution in [0.15, 0.2) is 30.5 Å². The molecule has 2 rings (SSSR count). The molecular weight excluding hydrogens is 213 g/mol. The molecule has 0 saturated carbocycles. The van der Waals surface area contributed by atoms with Crippen molar-refractivity contribution in [3.63, 3.8) is 0 Å². The van der Waals surface area contributed by atoms with Gasteiger partial charge in [0, 0.05) is 12.4 Å². The van der Waals surface area contributed by atoms with Gasteiger partial charge >= 0.3 is 7.12 Å². The van der Waals surface area contributed by atoms with Crippen LogP contribution in [0.3, 0.4) is 0 Å². The van der Waals surface area contributed by atoms with Crippen LogP contribution in [-0.2, 0) is 9.31 Å². The van der Waals surface area contributed by atoms with Crippen molar-refractivity contribution in [1.82, 2.24) is 4.98 Å². The van der Waals surface area contributed by atoms with Crippen molar-refractivity contribution in [2.24, 2.45) is 0 Å². The van der Waals surface area contributed by atoms with Gasteiger partial charge in [-0.05, 0) is 45.4 Å². The SMILES string of the molecule is CC1(C)OB(C=Cc2ccncc2)OC1(C)C. The van der Waals surface area contributed by atoms with E-state index in [4.69, 9.17) is 9.31 Å². The number of hydrogen-bond donors (Lipinski definition) is 0. The highest BCUT2D eigenvalue weighted by atomic mass is 16.7. The summed E-state index contributed by atoms with van der Waals surface area (Å²) >= 11 is 0. The van der Waals surface area contributed by atoms with Crippen LogP contribution in [0.4, 0.5) is 0 Å². The largest absolute Gasteiger partial charge is 0.487 e. The Morgan fingerprint density at radius 2 is 1.59 bits per heavy atom. The van der Waals surface area contributed by atoms with E-state index in [1.54, 1.807) is 12.4 Å². The highest BCUT2D eigenvalue weighted by Gasteiger charge is 2.49. The van der Waals surface area contributed by atoms with E-state index in [0.717, 1.165) is 5.56 Å². The Morgan fingerprint density at radius 3 is 2.12 bits per heavy atom. The summed E-state index contributed by atoms with van der Waals surface area (Å²) < 4.78 is 11.7. The third kappa shape index (κ3) is 2.59. The molecule has 0 atom stereocenters. The summed E-state index contributed by atoms with van der Waals surface area (Å²) in [4.78, 5) is 3.97. The fourth-order valence-electron chi connectivity index (χ4n) is 1.63. The van der Waals surface area contributed by atoms with Crippen LogP contribution in [-0.4, -0.2) is 23.3 Å². The first-order valence-corrected chi connectivity index (χ1v) is 5.85. The van der Waals surface area contributed by atoms with Crippen LogP contribution in [0, 0.1) is 0 Å². The number of rotatable bonds is 2. The summed E-state index contributed by atoms with van der Waals surface area (Å²) in [5.74, 6) is 1.94. The average molecular weight is 231 g/mol. The van der Waals surface area contributed by atoms with E-state index in [-0.39, 0.29) is 18.3 Å². The molecule has 0 radical (unpaired) electrons. The summed E-state index contributed by atoms with van der Waals surface area (Å²) in [5.41, 5.74) is 0.537. The van der Waals surface area contributed by atoms with E-state index in [9.17, 15) is 0 Å². The van der Waals surface area contributed by atoms with Crippen molar-refractivity contribution in [2.45, 2.75) is 38.9 Å². The maximum absolute atomic E-state index is 5.86. The molecule has 1 fully saturated rings. The second-order valence-corrected chi connectivity index (χ2v) is 5.26. The molecule has 0 aliphatic carbocycles. The molecule has 2 heterocycles. The number of hydrogen-bond acceptors (Lipinski definition) is 3. The molecule has 3 nitrogen and oxygen atoms in total. The molecule has 1 aliphatic rings. The molecule has 1 aromatic heterocycles. The third-order valence-electron chi connectivity index (χ3n) is 3.42. The minimum absolute atomic E-state index is 0.278. The van der Waals surface area contributed by atoms with E-state index < -0.39 is 0 Å². The maximum atomic E-state index is 5.86. The Hall–Kier alpha value is -1.13. The minimum Gasteiger partial charge on any atom is -0.400 e. The predicted octanol–water partition coefficient (Wildman–Crippen LogP) is 2.73. The van der Waals surface area contributed by atoms with Gasteiger partial charge in [-0.25, -0.2) is 0 Å². The third-order valence-corrected chi connectivity index (χ3v) is 3.42. The molecule has 0 bridgehead atoms. The minimum atomic E-state index is -0.284. The summed E-state index contributed by atoms with van der Waals surface area (Å²) in [5, 5.41) is 0. The Kier molecular flexibility index (Phi) is 3.10. The van der Waals surface area contributed by atoms with Crippen molar-refractivity contribution in [1.29, 1.82) is 0 Å². The summed E-state index contributed by atoms with van der Waals surface area (Å²) in [6.45, 7) is 8.20. The van der Waals surface area contributed by atoms with E-state index in [1.807, 2.05) is 51.9 Å². The van der Waals surface area contributed by atoms with Crippen LogP contribution in [0.1, 0.15) is 33.3 Å². The van der Waals surface area contributed by atoms with Gasteiger partial charge in [0.2, 0.25) is 0 Å². The highest BCUT2D eigenvalue weighted by molar-refractivity contribution is 6.52. The molecule has 0 aromatic carbocycles. The van der Waals surface area contributed by atoms with Crippen LogP contribution >= 0.6 is 0 Å². The first-order valence-electron chi connectivity index (χ1n) is 5.85. The quantitative estimate of drug-likeness (QED) is 0.733. The topological polar surface area (TPSA) is 31.4 Å². The number of pyridine rings is 1. The zero-order chi connectivity index (χ0) is 12.5. The monoisotopic (exact) mass is 231 g/mol. The van der Waals surface area contributed by atoms with Crippen LogP contribution in [0.5, 0.6) is 0 Å². The van der Waals surface area contributed by atoms with Gasteiger partial charge in [-0.15, -0.1) is 0 Å². The number of aromatic nitrogens is 1. The zero-order valence-electron chi connectivity index (χ0n) is 10.8. The lowest BCUT2D eigenvalue weighted by Gasteiger charge is -2.32. The summed E-state index contributed by atoms with van der Waals surface area (Å²) in [7, 11) is -0.284. The fraction of sp³-hybridized carbons (Fsp3) is 0.462. The second kappa shape index (κ2) is 4.28. The molecule has 90 valence electrons. The van der Waals surface area contributed by atoms with Crippen molar-refractivity contribution in [2.75, 3.05) is 0 Å². The lowest BCUT2D eigenvalue weighted by atomic mass is 9.89. The molecule has 17 heavy (non-hydrogen) atoms. The van der Waals surface area contributed by atoms with Crippen molar-refractivity contribution < 1.29 is 9.31 Å². The second-order valence-electron chi connectivity index (χ2n) is 5.26.